The molecular weight excluding hydrogens is 278 g/mol. The standard InChI is InChI=1S/C17H23N3O2/c1-17(2,3)15(12-21)19(4)16(22)14-10-11-20(18-14)13-8-6-5-7-9-13/h5-11,15,21H,12H2,1-4H3. The zero-order valence-corrected chi connectivity index (χ0v) is 13.5. The third-order valence-corrected chi connectivity index (χ3v) is 3.79. The van der Waals surface area contributed by atoms with Gasteiger partial charge in [0.15, 0.2) is 5.69 Å². The van der Waals surface area contributed by atoms with Crippen LogP contribution in [0.1, 0.15) is 31.3 Å². The fourth-order valence-electron chi connectivity index (χ4n) is 2.46. The van der Waals surface area contributed by atoms with Gasteiger partial charge in [-0.05, 0) is 23.6 Å². The number of amides is 1. The summed E-state index contributed by atoms with van der Waals surface area (Å²) in [5, 5.41) is 13.9. The first-order valence-corrected chi connectivity index (χ1v) is 7.33. The van der Waals surface area contributed by atoms with Crippen LogP contribution in [0.3, 0.4) is 0 Å². The summed E-state index contributed by atoms with van der Waals surface area (Å²) >= 11 is 0. The van der Waals surface area contributed by atoms with Crippen LogP contribution >= 0.6 is 0 Å². The zero-order chi connectivity index (χ0) is 16.3. The molecule has 2 aromatic rings. The second kappa shape index (κ2) is 6.32. The molecule has 1 atom stereocenters. The molecule has 1 amide bonds. The third-order valence-electron chi connectivity index (χ3n) is 3.79. The summed E-state index contributed by atoms with van der Waals surface area (Å²) in [6.45, 7) is 5.92. The van der Waals surface area contributed by atoms with Gasteiger partial charge in [0.2, 0.25) is 0 Å². The number of carbonyl (C=O) groups excluding carboxylic acids is 1. The number of benzene rings is 1. The van der Waals surface area contributed by atoms with E-state index in [4.69, 9.17) is 0 Å². The van der Waals surface area contributed by atoms with Gasteiger partial charge in [0, 0.05) is 13.2 Å². The van der Waals surface area contributed by atoms with Gasteiger partial charge < -0.3 is 10.0 Å². The van der Waals surface area contributed by atoms with E-state index < -0.39 is 0 Å². The van der Waals surface area contributed by atoms with Crippen molar-refractivity contribution in [1.29, 1.82) is 0 Å². The van der Waals surface area contributed by atoms with E-state index in [1.807, 2.05) is 51.1 Å². The molecular formula is C17H23N3O2. The van der Waals surface area contributed by atoms with Gasteiger partial charge in [-0.3, -0.25) is 4.79 Å². The SMILES string of the molecule is CN(C(=O)c1ccn(-c2ccccc2)n1)C(CO)C(C)(C)C. The Morgan fingerprint density at radius 1 is 1.27 bits per heavy atom. The maximum absolute atomic E-state index is 12.6. The Balaban J connectivity index is 2.22. The van der Waals surface area contributed by atoms with Crippen molar-refractivity contribution in [3.63, 3.8) is 0 Å². The molecule has 1 aromatic heterocycles. The molecule has 118 valence electrons. The molecule has 0 bridgehead atoms. The molecule has 5 nitrogen and oxygen atoms in total. The average Bonchev–Trinajstić information content (AvgIpc) is 2.96. The van der Waals surface area contributed by atoms with Crippen molar-refractivity contribution in [2.45, 2.75) is 26.8 Å². The van der Waals surface area contributed by atoms with E-state index in [1.54, 1.807) is 28.9 Å². The highest BCUT2D eigenvalue weighted by molar-refractivity contribution is 5.92. The predicted molar refractivity (Wildman–Crippen MR) is 86.0 cm³/mol. The Labute approximate surface area is 131 Å². The number of aliphatic hydroxyl groups excluding tert-OH is 1. The Morgan fingerprint density at radius 3 is 2.45 bits per heavy atom. The zero-order valence-electron chi connectivity index (χ0n) is 13.5. The molecule has 0 saturated heterocycles. The first kappa shape index (κ1) is 16.2. The monoisotopic (exact) mass is 301 g/mol. The van der Waals surface area contributed by atoms with Crippen LogP contribution in [0.5, 0.6) is 0 Å². The predicted octanol–water partition coefficient (Wildman–Crippen LogP) is 2.35. The maximum Gasteiger partial charge on any atom is 0.274 e. The number of likely N-dealkylation sites (N-methyl/N-ethyl adjacent to an activating group) is 1. The smallest absolute Gasteiger partial charge is 0.274 e. The molecule has 2 rings (SSSR count). The number of hydrogen-bond acceptors (Lipinski definition) is 3. The van der Waals surface area contributed by atoms with Crippen LogP contribution in [0.4, 0.5) is 0 Å². The minimum absolute atomic E-state index is 0.0782. The summed E-state index contributed by atoms with van der Waals surface area (Å²) in [6.07, 6.45) is 1.77. The lowest BCUT2D eigenvalue weighted by atomic mass is 9.86. The van der Waals surface area contributed by atoms with Crippen molar-refractivity contribution in [2.75, 3.05) is 13.7 Å². The molecule has 1 aromatic carbocycles. The van der Waals surface area contributed by atoms with Gasteiger partial charge in [0.25, 0.3) is 5.91 Å². The van der Waals surface area contributed by atoms with Crippen LogP contribution < -0.4 is 0 Å². The third kappa shape index (κ3) is 3.36. The maximum atomic E-state index is 12.6. The minimum Gasteiger partial charge on any atom is -0.394 e. The van der Waals surface area contributed by atoms with Crippen molar-refractivity contribution in [2.24, 2.45) is 5.41 Å². The normalized spacial score (nSPS) is 13.0. The summed E-state index contributed by atoms with van der Waals surface area (Å²) < 4.78 is 1.67. The van der Waals surface area contributed by atoms with Gasteiger partial charge in [-0.1, -0.05) is 39.0 Å². The van der Waals surface area contributed by atoms with E-state index >= 15 is 0 Å². The Bertz CT molecular complexity index is 629. The van der Waals surface area contributed by atoms with Gasteiger partial charge >= 0.3 is 0 Å². The lowest BCUT2D eigenvalue weighted by molar-refractivity contribution is 0.0428. The van der Waals surface area contributed by atoms with Crippen LogP contribution in [0.15, 0.2) is 42.6 Å². The van der Waals surface area contributed by atoms with E-state index in [1.165, 1.54) is 0 Å². The molecule has 1 heterocycles. The van der Waals surface area contributed by atoms with E-state index in [9.17, 15) is 9.90 Å². The van der Waals surface area contributed by atoms with Crippen LogP contribution in [0.2, 0.25) is 0 Å². The number of para-hydroxylation sites is 1. The highest BCUT2D eigenvalue weighted by Gasteiger charge is 2.31. The summed E-state index contributed by atoms with van der Waals surface area (Å²) in [5.74, 6) is -0.191. The van der Waals surface area contributed by atoms with Crippen molar-refractivity contribution in [3.05, 3.63) is 48.3 Å². The van der Waals surface area contributed by atoms with E-state index in [2.05, 4.69) is 5.10 Å². The fraction of sp³-hybridized carbons (Fsp3) is 0.412. The number of nitrogens with zero attached hydrogens (tertiary/aromatic N) is 3. The van der Waals surface area contributed by atoms with E-state index in [-0.39, 0.29) is 24.0 Å². The number of hydrogen-bond donors (Lipinski definition) is 1. The molecule has 0 saturated carbocycles. The molecule has 5 heteroatoms. The largest absolute Gasteiger partial charge is 0.394 e. The molecule has 1 N–H and O–H groups in total. The van der Waals surface area contributed by atoms with Gasteiger partial charge in [0.1, 0.15) is 0 Å². The first-order valence-electron chi connectivity index (χ1n) is 7.33. The number of aromatic nitrogens is 2. The van der Waals surface area contributed by atoms with Crippen LogP contribution in [-0.4, -0.2) is 45.4 Å². The van der Waals surface area contributed by atoms with Crippen LogP contribution in [-0.2, 0) is 0 Å². The summed E-state index contributed by atoms with van der Waals surface area (Å²) in [5.41, 5.74) is 1.06. The fourth-order valence-corrected chi connectivity index (χ4v) is 2.46. The molecule has 22 heavy (non-hydrogen) atoms. The molecule has 1 unspecified atom stereocenters. The number of rotatable bonds is 4. The molecule has 0 fully saturated rings. The highest BCUT2D eigenvalue weighted by Crippen LogP contribution is 2.24. The second-order valence-electron chi connectivity index (χ2n) is 6.46. The Kier molecular flexibility index (Phi) is 4.66. The first-order chi connectivity index (χ1) is 10.3. The number of aliphatic hydroxyl groups is 1. The summed E-state index contributed by atoms with van der Waals surface area (Å²) in [7, 11) is 1.70. The molecule has 0 aliphatic heterocycles. The van der Waals surface area contributed by atoms with Crippen LogP contribution in [0.25, 0.3) is 5.69 Å². The van der Waals surface area contributed by atoms with Gasteiger partial charge in [-0.2, -0.15) is 5.10 Å². The van der Waals surface area contributed by atoms with Crippen molar-refractivity contribution < 1.29 is 9.90 Å². The van der Waals surface area contributed by atoms with Gasteiger partial charge in [-0.25, -0.2) is 4.68 Å². The number of carbonyl (C=O) groups is 1. The molecule has 0 spiro atoms. The average molecular weight is 301 g/mol. The van der Waals surface area contributed by atoms with Gasteiger partial charge in [-0.15, -0.1) is 0 Å². The van der Waals surface area contributed by atoms with E-state index in [0.717, 1.165) is 5.69 Å². The van der Waals surface area contributed by atoms with Crippen molar-refractivity contribution in [1.82, 2.24) is 14.7 Å². The quantitative estimate of drug-likeness (QED) is 0.943. The van der Waals surface area contributed by atoms with Gasteiger partial charge in [0.05, 0.1) is 18.3 Å². The summed E-state index contributed by atoms with van der Waals surface area (Å²) in [4.78, 5) is 14.1. The second-order valence-corrected chi connectivity index (χ2v) is 6.46. The lowest BCUT2D eigenvalue weighted by Crippen LogP contribution is -2.47. The topological polar surface area (TPSA) is 58.4 Å². The van der Waals surface area contributed by atoms with E-state index in [0.29, 0.717) is 5.69 Å². The Hall–Kier alpha value is -2.14. The van der Waals surface area contributed by atoms with Crippen molar-refractivity contribution >= 4 is 5.91 Å². The Morgan fingerprint density at radius 2 is 1.91 bits per heavy atom. The molecule has 0 radical (unpaired) electrons. The highest BCUT2D eigenvalue weighted by atomic mass is 16.3. The minimum atomic E-state index is -0.262. The van der Waals surface area contributed by atoms with Crippen LogP contribution in [0, 0.1) is 5.41 Å². The van der Waals surface area contributed by atoms with Crippen molar-refractivity contribution in [3.8, 4) is 5.69 Å². The molecule has 0 aliphatic rings. The lowest BCUT2D eigenvalue weighted by Gasteiger charge is -2.36. The summed E-state index contributed by atoms with van der Waals surface area (Å²) in [6, 6.07) is 11.1. The molecule has 0 aliphatic carbocycles.